The number of rotatable bonds is 6. The van der Waals surface area contributed by atoms with Gasteiger partial charge >= 0.3 is 0 Å². The molecule has 112 valence electrons. The molecule has 1 aliphatic carbocycles. The molecule has 0 radical (unpaired) electrons. The summed E-state index contributed by atoms with van der Waals surface area (Å²) < 4.78 is 0. The van der Waals surface area contributed by atoms with Gasteiger partial charge in [0.05, 0.1) is 6.04 Å². The van der Waals surface area contributed by atoms with Crippen LogP contribution in [0.1, 0.15) is 73.1 Å². The van der Waals surface area contributed by atoms with Gasteiger partial charge in [0.1, 0.15) is 0 Å². The van der Waals surface area contributed by atoms with Crippen LogP contribution in [0.15, 0.2) is 0 Å². The van der Waals surface area contributed by atoms with Gasteiger partial charge in [-0.2, -0.15) is 0 Å². The molecule has 2 N–H and O–H groups in total. The van der Waals surface area contributed by atoms with Crippen LogP contribution >= 0.6 is 0 Å². The molecule has 3 heteroatoms. The van der Waals surface area contributed by atoms with E-state index in [9.17, 15) is 4.79 Å². The van der Waals surface area contributed by atoms with E-state index in [0.717, 1.165) is 12.8 Å². The van der Waals surface area contributed by atoms with Crippen LogP contribution in [0.25, 0.3) is 0 Å². The normalized spacial score (nSPS) is 25.6. The predicted octanol–water partition coefficient (Wildman–Crippen LogP) is 3.24. The molecule has 0 aromatic carbocycles. The van der Waals surface area contributed by atoms with E-state index in [1.165, 1.54) is 25.7 Å². The van der Waals surface area contributed by atoms with Crippen molar-refractivity contribution in [3.63, 3.8) is 0 Å². The van der Waals surface area contributed by atoms with E-state index >= 15 is 0 Å². The van der Waals surface area contributed by atoms with E-state index in [1.807, 2.05) is 6.92 Å². The van der Waals surface area contributed by atoms with Crippen molar-refractivity contribution in [3.05, 3.63) is 0 Å². The second-order valence-corrected chi connectivity index (χ2v) is 7.04. The van der Waals surface area contributed by atoms with E-state index in [0.29, 0.717) is 11.5 Å². The Hall–Kier alpha value is -0.570. The third-order valence-electron chi connectivity index (χ3n) is 4.19. The minimum atomic E-state index is -0.0850. The fourth-order valence-corrected chi connectivity index (χ4v) is 3.14. The third-order valence-corrected chi connectivity index (χ3v) is 4.19. The van der Waals surface area contributed by atoms with E-state index in [4.69, 9.17) is 0 Å². The lowest BCUT2D eigenvalue weighted by atomic mass is 9.75. The van der Waals surface area contributed by atoms with Crippen LogP contribution in [-0.4, -0.2) is 24.0 Å². The fraction of sp³-hybridized carbons (Fsp3) is 0.938. The molecule has 1 rings (SSSR count). The molecule has 1 saturated carbocycles. The average molecular weight is 268 g/mol. The van der Waals surface area contributed by atoms with Gasteiger partial charge in [0, 0.05) is 12.1 Å². The topological polar surface area (TPSA) is 41.1 Å². The first-order valence-corrected chi connectivity index (χ1v) is 7.90. The smallest absolute Gasteiger partial charge is 0.237 e. The minimum Gasteiger partial charge on any atom is -0.352 e. The quantitative estimate of drug-likeness (QED) is 0.776. The molecule has 0 heterocycles. The zero-order chi connectivity index (χ0) is 14.5. The lowest BCUT2D eigenvalue weighted by Crippen LogP contribution is -2.50. The van der Waals surface area contributed by atoms with E-state index in [2.05, 4.69) is 38.3 Å². The molecule has 0 saturated heterocycles. The molecule has 3 atom stereocenters. The highest BCUT2D eigenvalue weighted by Gasteiger charge is 2.29. The summed E-state index contributed by atoms with van der Waals surface area (Å²) in [6.07, 6.45) is 7.11. The van der Waals surface area contributed by atoms with Gasteiger partial charge in [-0.15, -0.1) is 0 Å². The SMILES string of the molecule is CCCC(C)NC(=O)C(C)NC1CCCC(C)(C)C1. The van der Waals surface area contributed by atoms with Gasteiger partial charge in [0.15, 0.2) is 0 Å². The molecule has 0 spiro atoms. The zero-order valence-electron chi connectivity index (χ0n) is 13.4. The lowest BCUT2D eigenvalue weighted by Gasteiger charge is -2.36. The molecule has 0 bridgehead atoms. The summed E-state index contributed by atoms with van der Waals surface area (Å²) >= 11 is 0. The van der Waals surface area contributed by atoms with Crippen molar-refractivity contribution in [1.29, 1.82) is 0 Å². The van der Waals surface area contributed by atoms with Crippen LogP contribution in [0, 0.1) is 5.41 Å². The van der Waals surface area contributed by atoms with Crippen LogP contribution in [0.4, 0.5) is 0 Å². The Kier molecular flexibility index (Phi) is 6.31. The molecular weight excluding hydrogens is 236 g/mol. The lowest BCUT2D eigenvalue weighted by molar-refractivity contribution is -0.123. The Balaban J connectivity index is 2.37. The van der Waals surface area contributed by atoms with Crippen LogP contribution in [0.3, 0.4) is 0 Å². The Morgan fingerprint density at radius 3 is 2.63 bits per heavy atom. The molecule has 1 fully saturated rings. The van der Waals surface area contributed by atoms with Crippen LogP contribution in [-0.2, 0) is 4.79 Å². The van der Waals surface area contributed by atoms with Crippen molar-refractivity contribution in [3.8, 4) is 0 Å². The van der Waals surface area contributed by atoms with Crippen LogP contribution < -0.4 is 10.6 Å². The Morgan fingerprint density at radius 1 is 1.37 bits per heavy atom. The molecule has 19 heavy (non-hydrogen) atoms. The summed E-state index contributed by atoms with van der Waals surface area (Å²) in [5.41, 5.74) is 0.418. The molecule has 3 unspecified atom stereocenters. The number of hydrogen-bond acceptors (Lipinski definition) is 2. The monoisotopic (exact) mass is 268 g/mol. The molecule has 1 aliphatic rings. The largest absolute Gasteiger partial charge is 0.352 e. The van der Waals surface area contributed by atoms with Crippen LogP contribution in [0.5, 0.6) is 0 Å². The van der Waals surface area contributed by atoms with Crippen molar-refractivity contribution < 1.29 is 4.79 Å². The number of hydrogen-bond donors (Lipinski definition) is 2. The number of carbonyl (C=O) groups excluding carboxylic acids is 1. The summed E-state index contributed by atoms with van der Waals surface area (Å²) in [7, 11) is 0. The highest BCUT2D eigenvalue weighted by Crippen LogP contribution is 2.35. The maximum atomic E-state index is 12.1. The maximum absolute atomic E-state index is 12.1. The number of nitrogens with one attached hydrogen (secondary N) is 2. The van der Waals surface area contributed by atoms with Crippen molar-refractivity contribution in [1.82, 2.24) is 10.6 Å². The maximum Gasteiger partial charge on any atom is 0.237 e. The van der Waals surface area contributed by atoms with Gasteiger partial charge < -0.3 is 10.6 Å². The second-order valence-electron chi connectivity index (χ2n) is 7.04. The first kappa shape index (κ1) is 16.5. The Labute approximate surface area is 118 Å². The van der Waals surface area contributed by atoms with Gasteiger partial charge in [-0.3, -0.25) is 4.79 Å². The zero-order valence-corrected chi connectivity index (χ0v) is 13.4. The van der Waals surface area contributed by atoms with Gasteiger partial charge in [0.25, 0.3) is 0 Å². The van der Waals surface area contributed by atoms with Crippen molar-refractivity contribution in [2.75, 3.05) is 0 Å². The van der Waals surface area contributed by atoms with Crippen LogP contribution in [0.2, 0.25) is 0 Å². The standard InChI is InChI=1S/C16H32N2O/c1-6-8-12(2)17-15(19)13(3)18-14-9-7-10-16(4,5)11-14/h12-14,18H,6-11H2,1-5H3,(H,17,19). The molecule has 3 nitrogen and oxygen atoms in total. The summed E-state index contributed by atoms with van der Waals surface area (Å²) in [6, 6.07) is 0.689. The average Bonchev–Trinajstić information content (AvgIpc) is 2.27. The molecule has 1 amide bonds. The minimum absolute atomic E-state index is 0.0850. The van der Waals surface area contributed by atoms with E-state index < -0.39 is 0 Å². The highest BCUT2D eigenvalue weighted by atomic mass is 16.2. The summed E-state index contributed by atoms with van der Waals surface area (Å²) in [4.78, 5) is 12.1. The Bertz CT molecular complexity index is 288. The summed E-state index contributed by atoms with van der Waals surface area (Å²) in [5.74, 6) is 0.143. The van der Waals surface area contributed by atoms with Gasteiger partial charge in [0.2, 0.25) is 5.91 Å². The molecule has 0 aromatic rings. The second kappa shape index (κ2) is 7.28. The first-order valence-electron chi connectivity index (χ1n) is 7.90. The van der Waals surface area contributed by atoms with Gasteiger partial charge in [-0.1, -0.05) is 33.6 Å². The molecular formula is C16H32N2O. The number of amides is 1. The van der Waals surface area contributed by atoms with Crippen molar-refractivity contribution >= 4 is 5.91 Å². The highest BCUT2D eigenvalue weighted by molar-refractivity contribution is 5.81. The molecule has 0 aromatic heterocycles. The van der Waals surface area contributed by atoms with Crippen molar-refractivity contribution in [2.45, 2.75) is 91.3 Å². The summed E-state index contributed by atoms with van der Waals surface area (Å²) in [5, 5.41) is 6.60. The third kappa shape index (κ3) is 5.94. The predicted molar refractivity (Wildman–Crippen MR) is 81.1 cm³/mol. The molecule has 0 aliphatic heterocycles. The van der Waals surface area contributed by atoms with E-state index in [-0.39, 0.29) is 18.0 Å². The van der Waals surface area contributed by atoms with Gasteiger partial charge in [-0.25, -0.2) is 0 Å². The number of carbonyl (C=O) groups is 1. The van der Waals surface area contributed by atoms with Gasteiger partial charge in [-0.05, 0) is 44.9 Å². The summed E-state index contributed by atoms with van der Waals surface area (Å²) in [6.45, 7) is 10.9. The Morgan fingerprint density at radius 2 is 2.05 bits per heavy atom. The van der Waals surface area contributed by atoms with Crippen molar-refractivity contribution in [2.24, 2.45) is 5.41 Å². The fourth-order valence-electron chi connectivity index (χ4n) is 3.14. The first-order chi connectivity index (χ1) is 8.84. The van der Waals surface area contributed by atoms with E-state index in [1.54, 1.807) is 0 Å².